The maximum absolute atomic E-state index is 6.27. The number of aryl methyl sites for hydroxylation is 1. The van der Waals surface area contributed by atoms with Crippen LogP contribution in [0, 0.1) is 6.92 Å². The molecule has 1 aliphatic heterocycles. The van der Waals surface area contributed by atoms with Crippen molar-refractivity contribution in [1.82, 2.24) is 5.32 Å². The van der Waals surface area contributed by atoms with Crippen LogP contribution < -0.4 is 10.1 Å². The van der Waals surface area contributed by atoms with Crippen LogP contribution in [0.15, 0.2) is 24.3 Å². The quantitative estimate of drug-likeness (QED) is 0.873. The molecule has 0 aliphatic carbocycles. The van der Waals surface area contributed by atoms with Gasteiger partial charge in [0.25, 0.3) is 0 Å². The van der Waals surface area contributed by atoms with E-state index in [2.05, 4.69) is 37.4 Å². The second-order valence-electron chi connectivity index (χ2n) is 5.41. The first-order valence-corrected chi connectivity index (χ1v) is 8.60. The van der Waals surface area contributed by atoms with E-state index < -0.39 is 0 Å². The lowest BCUT2D eigenvalue weighted by atomic mass is 10.0. The van der Waals surface area contributed by atoms with Crippen molar-refractivity contribution in [2.75, 3.05) is 13.2 Å². The predicted molar refractivity (Wildman–Crippen MR) is 89.8 cm³/mol. The zero-order valence-electron chi connectivity index (χ0n) is 12.4. The third-order valence-electron chi connectivity index (χ3n) is 3.80. The van der Waals surface area contributed by atoms with Gasteiger partial charge in [-0.2, -0.15) is 0 Å². The second-order valence-corrected chi connectivity index (χ2v) is 7.17. The smallest absolute Gasteiger partial charge is 0.125 e. The van der Waals surface area contributed by atoms with Gasteiger partial charge in [-0.05, 0) is 55.3 Å². The first-order valence-electron chi connectivity index (χ1n) is 7.41. The van der Waals surface area contributed by atoms with Crippen LogP contribution in [0.2, 0.25) is 5.02 Å². The van der Waals surface area contributed by atoms with Gasteiger partial charge in [0.05, 0.1) is 6.61 Å². The van der Waals surface area contributed by atoms with Crippen LogP contribution in [0.25, 0.3) is 0 Å². The zero-order chi connectivity index (χ0) is 14.8. The lowest BCUT2D eigenvalue weighted by molar-refractivity contribution is 0.351. The van der Waals surface area contributed by atoms with Crippen molar-refractivity contribution in [2.45, 2.75) is 32.7 Å². The molecule has 1 aromatic carbocycles. The predicted octanol–water partition coefficient (Wildman–Crippen LogP) is 4.54. The Balaban J connectivity index is 1.90. The van der Waals surface area contributed by atoms with Crippen LogP contribution in [0.5, 0.6) is 5.75 Å². The average Bonchev–Trinajstić information content (AvgIpc) is 3.06. The van der Waals surface area contributed by atoms with Crippen molar-refractivity contribution in [2.24, 2.45) is 0 Å². The highest BCUT2D eigenvalue weighted by Gasteiger charge is 2.21. The summed E-state index contributed by atoms with van der Waals surface area (Å²) in [6, 6.07) is 8.81. The molecule has 0 fully saturated rings. The van der Waals surface area contributed by atoms with Gasteiger partial charge in [0.1, 0.15) is 5.75 Å². The van der Waals surface area contributed by atoms with Crippen LogP contribution in [0.3, 0.4) is 0 Å². The molecule has 2 nitrogen and oxygen atoms in total. The monoisotopic (exact) mass is 321 g/mol. The van der Waals surface area contributed by atoms with Crippen molar-refractivity contribution < 1.29 is 4.74 Å². The number of hydrogen-bond donors (Lipinski definition) is 1. The van der Waals surface area contributed by atoms with Gasteiger partial charge >= 0.3 is 0 Å². The third-order valence-corrected chi connectivity index (χ3v) is 5.14. The Morgan fingerprint density at radius 1 is 1.38 bits per heavy atom. The number of nitrogens with one attached hydrogen (secondary N) is 1. The number of thiophene rings is 1. The summed E-state index contributed by atoms with van der Waals surface area (Å²) in [7, 11) is 0. The first-order chi connectivity index (χ1) is 10.2. The molecular weight excluding hydrogens is 302 g/mol. The Hall–Kier alpha value is -1.03. The molecule has 1 aromatic heterocycles. The van der Waals surface area contributed by atoms with E-state index in [4.69, 9.17) is 16.3 Å². The molecule has 3 rings (SSSR count). The largest absolute Gasteiger partial charge is 0.493 e. The summed E-state index contributed by atoms with van der Waals surface area (Å²) in [5.41, 5.74) is 2.46. The molecule has 112 valence electrons. The Morgan fingerprint density at radius 2 is 2.24 bits per heavy atom. The summed E-state index contributed by atoms with van der Waals surface area (Å²) in [5, 5.41) is 4.40. The number of fused-ring (bicyclic) bond motifs is 1. The maximum Gasteiger partial charge on any atom is 0.125 e. The van der Waals surface area contributed by atoms with Crippen molar-refractivity contribution in [3.8, 4) is 5.75 Å². The molecule has 1 aliphatic rings. The van der Waals surface area contributed by atoms with Crippen molar-refractivity contribution in [3.63, 3.8) is 0 Å². The van der Waals surface area contributed by atoms with E-state index in [1.54, 1.807) is 0 Å². The van der Waals surface area contributed by atoms with Crippen molar-refractivity contribution in [1.29, 1.82) is 0 Å². The minimum Gasteiger partial charge on any atom is -0.493 e. The number of rotatable bonds is 5. The van der Waals surface area contributed by atoms with E-state index in [0.29, 0.717) is 6.04 Å². The van der Waals surface area contributed by atoms with Gasteiger partial charge in [-0.3, -0.25) is 0 Å². The van der Waals surface area contributed by atoms with Gasteiger partial charge in [-0.15, -0.1) is 11.3 Å². The molecule has 2 aromatic rings. The zero-order valence-corrected chi connectivity index (χ0v) is 14.0. The average molecular weight is 322 g/mol. The summed E-state index contributed by atoms with van der Waals surface area (Å²) in [6.45, 7) is 6.02. The Morgan fingerprint density at radius 3 is 2.95 bits per heavy atom. The highest BCUT2D eigenvalue weighted by atomic mass is 35.5. The lowest BCUT2D eigenvalue weighted by Crippen LogP contribution is -2.22. The molecule has 4 heteroatoms. The van der Waals surface area contributed by atoms with E-state index in [1.165, 1.54) is 20.9 Å². The Kier molecular flexibility index (Phi) is 4.53. The summed E-state index contributed by atoms with van der Waals surface area (Å²) in [6.07, 6.45) is 1.88. The number of benzene rings is 1. The third kappa shape index (κ3) is 3.25. The molecular formula is C17H20ClNOS. The van der Waals surface area contributed by atoms with Gasteiger partial charge in [-0.25, -0.2) is 0 Å². The van der Waals surface area contributed by atoms with E-state index in [0.717, 1.165) is 36.8 Å². The van der Waals surface area contributed by atoms with Crippen LogP contribution in [-0.4, -0.2) is 13.2 Å². The summed E-state index contributed by atoms with van der Waals surface area (Å²) in [4.78, 5) is 2.72. The number of likely N-dealkylation sites (N-methyl/N-ethyl adjacent to an activating group) is 1. The fourth-order valence-corrected chi connectivity index (χ4v) is 4.09. The van der Waals surface area contributed by atoms with Gasteiger partial charge in [0, 0.05) is 27.2 Å². The van der Waals surface area contributed by atoms with Gasteiger partial charge in [0.15, 0.2) is 0 Å². The molecule has 0 spiro atoms. The molecule has 2 heterocycles. The molecule has 0 radical (unpaired) electrons. The van der Waals surface area contributed by atoms with E-state index in [1.807, 2.05) is 17.4 Å². The summed E-state index contributed by atoms with van der Waals surface area (Å²) in [5.74, 6) is 1.05. The number of ether oxygens (including phenoxy) is 1. The van der Waals surface area contributed by atoms with Gasteiger partial charge in [0.2, 0.25) is 0 Å². The SMILES string of the molecule is CCNC(Cc1cc(Cl)cc2c1OCC2)c1ccc(C)s1. The Bertz CT molecular complexity index is 638. The minimum absolute atomic E-state index is 0.320. The number of halogens is 1. The highest BCUT2D eigenvalue weighted by molar-refractivity contribution is 7.12. The molecule has 0 saturated carbocycles. The van der Waals surface area contributed by atoms with Crippen molar-refractivity contribution >= 4 is 22.9 Å². The van der Waals surface area contributed by atoms with Gasteiger partial charge in [-0.1, -0.05) is 18.5 Å². The lowest BCUT2D eigenvalue weighted by Gasteiger charge is -2.18. The van der Waals surface area contributed by atoms with E-state index in [-0.39, 0.29) is 0 Å². The summed E-state index contributed by atoms with van der Waals surface area (Å²) >= 11 is 8.12. The maximum atomic E-state index is 6.27. The molecule has 1 unspecified atom stereocenters. The number of hydrogen-bond acceptors (Lipinski definition) is 3. The first kappa shape index (κ1) is 14.9. The van der Waals surface area contributed by atoms with Gasteiger partial charge < -0.3 is 10.1 Å². The Labute approximate surface area is 135 Å². The molecule has 0 saturated heterocycles. The van der Waals surface area contributed by atoms with Crippen LogP contribution in [0.4, 0.5) is 0 Å². The molecule has 21 heavy (non-hydrogen) atoms. The van der Waals surface area contributed by atoms with Crippen LogP contribution in [0.1, 0.15) is 33.8 Å². The molecule has 0 bridgehead atoms. The molecule has 0 amide bonds. The standard InChI is InChI=1S/C17H20ClNOS/c1-3-19-15(16-5-4-11(2)21-16)10-13-9-14(18)8-12-6-7-20-17(12)13/h4-5,8-9,15,19H,3,6-7,10H2,1-2H3. The fraction of sp³-hybridized carbons (Fsp3) is 0.412. The van der Waals surface area contributed by atoms with E-state index in [9.17, 15) is 0 Å². The highest BCUT2D eigenvalue weighted by Crippen LogP contribution is 2.36. The van der Waals surface area contributed by atoms with Crippen LogP contribution in [-0.2, 0) is 12.8 Å². The molecule has 1 N–H and O–H groups in total. The topological polar surface area (TPSA) is 21.3 Å². The minimum atomic E-state index is 0.320. The van der Waals surface area contributed by atoms with Crippen LogP contribution >= 0.6 is 22.9 Å². The van der Waals surface area contributed by atoms with E-state index >= 15 is 0 Å². The normalized spacial score (nSPS) is 14.8. The summed E-state index contributed by atoms with van der Waals surface area (Å²) < 4.78 is 5.82. The molecule has 1 atom stereocenters. The second kappa shape index (κ2) is 6.39. The van der Waals surface area contributed by atoms with Crippen molar-refractivity contribution in [3.05, 3.63) is 50.2 Å². The fourth-order valence-electron chi connectivity index (χ4n) is 2.88.